The minimum absolute atomic E-state index is 0.00459. The van der Waals surface area contributed by atoms with Crippen LogP contribution in [0.15, 0.2) is 78.9 Å². The number of ether oxygens (including phenoxy) is 2. The Morgan fingerprint density at radius 3 is 2.08 bits per heavy atom. The minimum Gasteiger partial charge on any atom is -0.490 e. The van der Waals surface area contributed by atoms with Crippen LogP contribution in [0.5, 0.6) is 11.5 Å². The van der Waals surface area contributed by atoms with Gasteiger partial charge in [0.1, 0.15) is 11.5 Å². The number of benzene rings is 3. The third-order valence-electron chi connectivity index (χ3n) is 6.07. The van der Waals surface area contributed by atoms with E-state index in [-0.39, 0.29) is 23.8 Å². The van der Waals surface area contributed by atoms with Crippen molar-refractivity contribution in [1.82, 2.24) is 10.6 Å². The van der Waals surface area contributed by atoms with Gasteiger partial charge in [-0.2, -0.15) is 0 Å². The fraction of sp³-hybridized carbons (Fsp3) is 0.286. The largest absolute Gasteiger partial charge is 0.573 e. The molecule has 3 aromatic rings. The molecule has 3 N–H and O–H groups in total. The maximum Gasteiger partial charge on any atom is 0.573 e. The van der Waals surface area contributed by atoms with Gasteiger partial charge in [-0.15, -0.1) is 13.2 Å². The second-order valence-corrected chi connectivity index (χ2v) is 8.95. The van der Waals surface area contributed by atoms with Gasteiger partial charge in [0.15, 0.2) is 0 Å². The summed E-state index contributed by atoms with van der Waals surface area (Å²) in [4.78, 5) is 24.7. The van der Waals surface area contributed by atoms with Crippen molar-refractivity contribution in [3.63, 3.8) is 0 Å². The summed E-state index contributed by atoms with van der Waals surface area (Å²) in [6, 6.07) is 21.2. The van der Waals surface area contributed by atoms with Gasteiger partial charge in [-0.3, -0.25) is 4.79 Å². The van der Waals surface area contributed by atoms with Gasteiger partial charge in [-0.1, -0.05) is 30.3 Å². The Morgan fingerprint density at radius 1 is 0.816 bits per heavy atom. The third kappa shape index (κ3) is 8.43. The molecule has 3 aromatic carbocycles. The Balaban J connectivity index is 1.16. The van der Waals surface area contributed by atoms with E-state index in [2.05, 4.69) is 20.7 Å². The maximum absolute atomic E-state index is 12.4. The van der Waals surface area contributed by atoms with Gasteiger partial charge >= 0.3 is 12.4 Å². The van der Waals surface area contributed by atoms with E-state index in [1.807, 2.05) is 30.3 Å². The van der Waals surface area contributed by atoms with Gasteiger partial charge in [-0.25, -0.2) is 4.79 Å². The maximum atomic E-state index is 12.4. The zero-order valence-electron chi connectivity index (χ0n) is 20.5. The van der Waals surface area contributed by atoms with Gasteiger partial charge in [0.25, 0.3) is 5.91 Å². The van der Waals surface area contributed by atoms with E-state index in [0.717, 1.165) is 43.4 Å². The predicted molar refractivity (Wildman–Crippen MR) is 136 cm³/mol. The molecule has 7 nitrogen and oxygen atoms in total. The highest BCUT2D eigenvalue weighted by molar-refractivity contribution is 5.94. The molecule has 0 bridgehead atoms. The Bertz CT molecular complexity index is 1190. The molecule has 0 radical (unpaired) electrons. The Hall–Kier alpha value is -4.21. The van der Waals surface area contributed by atoms with Gasteiger partial charge in [-0.05, 0) is 79.8 Å². The van der Waals surface area contributed by atoms with Crippen molar-refractivity contribution in [2.75, 3.05) is 5.32 Å². The van der Waals surface area contributed by atoms with Crippen molar-refractivity contribution in [2.45, 2.75) is 50.7 Å². The zero-order valence-corrected chi connectivity index (χ0v) is 20.5. The molecule has 0 aliphatic heterocycles. The highest BCUT2D eigenvalue weighted by Crippen LogP contribution is 2.26. The first kappa shape index (κ1) is 26.8. The van der Waals surface area contributed by atoms with Crippen LogP contribution < -0.4 is 25.4 Å². The fourth-order valence-electron chi connectivity index (χ4n) is 4.18. The summed E-state index contributed by atoms with van der Waals surface area (Å²) in [5, 5.41) is 8.40. The molecule has 0 spiro atoms. The van der Waals surface area contributed by atoms with Crippen molar-refractivity contribution in [3.05, 3.63) is 90.0 Å². The summed E-state index contributed by atoms with van der Waals surface area (Å²) in [5.41, 5.74) is 1.93. The molecule has 0 unspecified atom stereocenters. The number of carbonyl (C=O) groups excluding carboxylic acids is 2. The van der Waals surface area contributed by atoms with Crippen LogP contribution in [-0.2, 0) is 6.54 Å². The van der Waals surface area contributed by atoms with E-state index in [1.54, 1.807) is 24.3 Å². The second-order valence-electron chi connectivity index (χ2n) is 8.95. The quantitative estimate of drug-likeness (QED) is 0.334. The molecule has 38 heavy (non-hydrogen) atoms. The third-order valence-corrected chi connectivity index (χ3v) is 6.07. The number of amides is 3. The van der Waals surface area contributed by atoms with Crippen LogP contribution in [0.4, 0.5) is 23.7 Å². The molecular weight excluding hydrogens is 499 g/mol. The lowest BCUT2D eigenvalue weighted by atomic mass is 9.93. The van der Waals surface area contributed by atoms with Gasteiger partial charge < -0.3 is 25.4 Å². The summed E-state index contributed by atoms with van der Waals surface area (Å²) >= 11 is 0. The van der Waals surface area contributed by atoms with Crippen molar-refractivity contribution >= 4 is 17.6 Å². The van der Waals surface area contributed by atoms with Crippen molar-refractivity contribution < 1.29 is 32.2 Å². The van der Waals surface area contributed by atoms with E-state index in [1.165, 1.54) is 12.1 Å². The van der Waals surface area contributed by atoms with Crippen molar-refractivity contribution in [2.24, 2.45) is 0 Å². The Labute approximate surface area is 218 Å². The first-order chi connectivity index (χ1) is 18.2. The molecule has 200 valence electrons. The van der Waals surface area contributed by atoms with Gasteiger partial charge in [0.2, 0.25) is 0 Å². The number of hydrogen-bond acceptors (Lipinski definition) is 4. The minimum atomic E-state index is -4.77. The average Bonchev–Trinajstić information content (AvgIpc) is 2.90. The van der Waals surface area contributed by atoms with E-state index in [9.17, 15) is 22.8 Å². The van der Waals surface area contributed by atoms with Crippen LogP contribution in [0.25, 0.3) is 0 Å². The fourth-order valence-corrected chi connectivity index (χ4v) is 4.18. The topological polar surface area (TPSA) is 88.7 Å². The van der Waals surface area contributed by atoms with Gasteiger partial charge in [0, 0.05) is 23.8 Å². The summed E-state index contributed by atoms with van der Waals surface area (Å²) in [6.45, 7) is 0.455. The molecular formula is C28H28F3N3O4. The zero-order chi connectivity index (χ0) is 27.0. The molecule has 3 amide bonds. The highest BCUT2D eigenvalue weighted by Gasteiger charge is 2.31. The van der Waals surface area contributed by atoms with Crippen LogP contribution in [0.2, 0.25) is 0 Å². The highest BCUT2D eigenvalue weighted by atomic mass is 19.4. The molecule has 0 heterocycles. The average molecular weight is 528 g/mol. The number of halogens is 3. The second kappa shape index (κ2) is 12.4. The number of rotatable bonds is 8. The number of alkyl halides is 3. The van der Waals surface area contributed by atoms with Crippen LogP contribution in [-0.4, -0.2) is 30.4 Å². The summed E-state index contributed by atoms with van der Waals surface area (Å²) in [6.07, 6.45) is -1.85. The summed E-state index contributed by atoms with van der Waals surface area (Å²) in [7, 11) is 0. The number of anilines is 1. The lowest BCUT2D eigenvalue weighted by Gasteiger charge is -2.29. The molecule has 10 heteroatoms. The van der Waals surface area contributed by atoms with E-state index in [4.69, 9.17) is 4.74 Å². The standard InChI is InChI=1S/C28H28F3N3O4/c29-28(30,31)38-25-16-10-22(11-17-25)34-27(36)33-21-8-14-24(15-9-21)37-23-12-6-20(7-13-23)26(35)32-18-19-4-2-1-3-5-19/h1-7,10-13,16-17,21,24H,8-9,14-15,18H2,(H,32,35)(H2,33,34,36)/t21-,24-. The van der Waals surface area contributed by atoms with E-state index >= 15 is 0 Å². The predicted octanol–water partition coefficient (Wildman–Crippen LogP) is 6.03. The molecule has 1 aliphatic rings. The lowest BCUT2D eigenvalue weighted by Crippen LogP contribution is -2.41. The first-order valence-corrected chi connectivity index (χ1v) is 12.3. The first-order valence-electron chi connectivity index (χ1n) is 12.3. The van der Waals surface area contributed by atoms with E-state index < -0.39 is 12.4 Å². The lowest BCUT2D eigenvalue weighted by molar-refractivity contribution is -0.274. The molecule has 0 atom stereocenters. The summed E-state index contributed by atoms with van der Waals surface area (Å²) < 4.78 is 46.7. The van der Waals surface area contributed by atoms with Crippen molar-refractivity contribution in [3.8, 4) is 11.5 Å². The number of nitrogens with one attached hydrogen (secondary N) is 3. The molecule has 1 fully saturated rings. The smallest absolute Gasteiger partial charge is 0.490 e. The molecule has 1 saturated carbocycles. The number of hydrogen-bond donors (Lipinski definition) is 3. The molecule has 4 rings (SSSR count). The van der Waals surface area contributed by atoms with Crippen LogP contribution >= 0.6 is 0 Å². The van der Waals surface area contributed by atoms with Crippen LogP contribution in [0.1, 0.15) is 41.6 Å². The number of carbonyl (C=O) groups is 2. The monoisotopic (exact) mass is 527 g/mol. The van der Waals surface area contributed by atoms with Crippen molar-refractivity contribution in [1.29, 1.82) is 0 Å². The van der Waals surface area contributed by atoms with Crippen LogP contribution in [0, 0.1) is 0 Å². The molecule has 0 aromatic heterocycles. The Kier molecular flexibility index (Phi) is 8.73. The molecule has 0 saturated heterocycles. The SMILES string of the molecule is O=C(Nc1ccc(OC(F)(F)F)cc1)N[C@H]1CC[C@H](Oc2ccc(C(=O)NCc3ccccc3)cc2)CC1. The van der Waals surface area contributed by atoms with E-state index in [0.29, 0.717) is 23.5 Å². The summed E-state index contributed by atoms with van der Waals surface area (Å²) in [5.74, 6) is 0.162. The Morgan fingerprint density at radius 2 is 1.45 bits per heavy atom. The molecule has 1 aliphatic carbocycles. The van der Waals surface area contributed by atoms with Gasteiger partial charge in [0.05, 0.1) is 6.10 Å². The normalized spacial score (nSPS) is 17.2. The van der Waals surface area contributed by atoms with Crippen LogP contribution in [0.3, 0.4) is 0 Å². The number of urea groups is 1.